The zero-order chi connectivity index (χ0) is 10.6. The molecule has 14 heavy (non-hydrogen) atoms. The van der Waals surface area contributed by atoms with Crippen molar-refractivity contribution in [3.63, 3.8) is 0 Å². The molecule has 4 heteroatoms. The molecular formula is C10H23N3O. The molecule has 84 valence electrons. The van der Waals surface area contributed by atoms with Gasteiger partial charge in [0.1, 0.15) is 0 Å². The molecule has 0 aliphatic rings. The summed E-state index contributed by atoms with van der Waals surface area (Å²) in [7, 11) is 0. The summed E-state index contributed by atoms with van der Waals surface area (Å²) in [5.74, 6) is 0. The summed E-state index contributed by atoms with van der Waals surface area (Å²) in [6, 6.07) is -0.0498. The second kappa shape index (κ2) is 10.3. The van der Waals surface area contributed by atoms with Crippen LogP contribution in [0.3, 0.4) is 0 Å². The van der Waals surface area contributed by atoms with Gasteiger partial charge in [-0.15, -0.1) is 0 Å². The molecule has 0 aliphatic heterocycles. The highest BCUT2D eigenvalue weighted by Gasteiger charge is 1.96. The molecule has 0 aromatic carbocycles. The average Bonchev–Trinajstić information content (AvgIpc) is 2.18. The van der Waals surface area contributed by atoms with E-state index in [-0.39, 0.29) is 6.03 Å². The van der Waals surface area contributed by atoms with Crippen molar-refractivity contribution in [1.29, 1.82) is 0 Å². The van der Waals surface area contributed by atoms with E-state index in [9.17, 15) is 4.79 Å². The van der Waals surface area contributed by atoms with Crippen LogP contribution < -0.4 is 16.4 Å². The predicted molar refractivity (Wildman–Crippen MR) is 59.2 cm³/mol. The van der Waals surface area contributed by atoms with Crippen LogP contribution in [0.4, 0.5) is 4.79 Å². The standard InChI is InChI=1S/C10H23N3O/c1-2-3-8-12-10(14)13-9-6-4-5-7-11/h2-9,11H2,1H3,(H2,12,13,14). The lowest BCUT2D eigenvalue weighted by atomic mass is 10.2. The van der Waals surface area contributed by atoms with Crippen molar-refractivity contribution in [2.75, 3.05) is 19.6 Å². The van der Waals surface area contributed by atoms with Crippen LogP contribution in [0.1, 0.15) is 39.0 Å². The lowest BCUT2D eigenvalue weighted by Gasteiger charge is -2.06. The van der Waals surface area contributed by atoms with Gasteiger partial charge >= 0.3 is 6.03 Å². The van der Waals surface area contributed by atoms with Crippen molar-refractivity contribution < 1.29 is 4.79 Å². The van der Waals surface area contributed by atoms with Gasteiger partial charge in [0.25, 0.3) is 0 Å². The Bertz CT molecular complexity index is 139. The van der Waals surface area contributed by atoms with Crippen LogP contribution in [0.15, 0.2) is 0 Å². The van der Waals surface area contributed by atoms with Crippen molar-refractivity contribution in [3.05, 3.63) is 0 Å². The maximum absolute atomic E-state index is 11.1. The fourth-order valence-electron chi connectivity index (χ4n) is 1.09. The van der Waals surface area contributed by atoms with Gasteiger partial charge in [-0.05, 0) is 25.8 Å². The van der Waals surface area contributed by atoms with Gasteiger partial charge in [-0.2, -0.15) is 0 Å². The van der Waals surface area contributed by atoms with Gasteiger partial charge in [-0.1, -0.05) is 19.8 Å². The van der Waals surface area contributed by atoms with Crippen LogP contribution >= 0.6 is 0 Å². The number of hydrogen-bond acceptors (Lipinski definition) is 2. The molecule has 4 N–H and O–H groups in total. The van der Waals surface area contributed by atoms with Gasteiger partial charge in [0.15, 0.2) is 0 Å². The Labute approximate surface area is 86.6 Å². The predicted octanol–water partition coefficient (Wildman–Crippen LogP) is 1.21. The van der Waals surface area contributed by atoms with E-state index >= 15 is 0 Å². The molecule has 0 aliphatic carbocycles. The maximum atomic E-state index is 11.1. The van der Waals surface area contributed by atoms with E-state index in [4.69, 9.17) is 5.73 Å². The monoisotopic (exact) mass is 201 g/mol. The molecule has 4 nitrogen and oxygen atoms in total. The molecule has 0 aromatic heterocycles. The average molecular weight is 201 g/mol. The Morgan fingerprint density at radius 1 is 1.07 bits per heavy atom. The zero-order valence-electron chi connectivity index (χ0n) is 9.14. The van der Waals surface area contributed by atoms with E-state index in [1.54, 1.807) is 0 Å². The maximum Gasteiger partial charge on any atom is 0.314 e. The molecule has 0 atom stereocenters. The normalized spacial score (nSPS) is 9.86. The molecule has 0 fully saturated rings. The summed E-state index contributed by atoms with van der Waals surface area (Å²) in [6.45, 7) is 4.36. The molecule has 0 radical (unpaired) electrons. The SMILES string of the molecule is CCCCNC(=O)NCCCCCN. The summed E-state index contributed by atoms with van der Waals surface area (Å²) < 4.78 is 0. The number of unbranched alkanes of at least 4 members (excludes halogenated alkanes) is 3. The third kappa shape index (κ3) is 9.32. The van der Waals surface area contributed by atoms with Crippen molar-refractivity contribution in [1.82, 2.24) is 10.6 Å². The Morgan fingerprint density at radius 3 is 2.29 bits per heavy atom. The second-order valence-electron chi connectivity index (χ2n) is 3.39. The molecule has 0 unspecified atom stereocenters. The van der Waals surface area contributed by atoms with Crippen molar-refractivity contribution in [3.8, 4) is 0 Å². The van der Waals surface area contributed by atoms with E-state index < -0.39 is 0 Å². The number of hydrogen-bond donors (Lipinski definition) is 3. The van der Waals surface area contributed by atoms with Crippen LogP contribution in [0.25, 0.3) is 0 Å². The number of nitrogens with two attached hydrogens (primary N) is 1. The highest BCUT2D eigenvalue weighted by Crippen LogP contribution is 1.90. The molecule has 0 bridgehead atoms. The summed E-state index contributed by atoms with van der Waals surface area (Å²) in [4.78, 5) is 11.1. The summed E-state index contributed by atoms with van der Waals surface area (Å²) >= 11 is 0. The Kier molecular flexibility index (Phi) is 9.74. The first-order chi connectivity index (χ1) is 6.81. The van der Waals surface area contributed by atoms with Crippen molar-refractivity contribution in [2.45, 2.75) is 39.0 Å². The van der Waals surface area contributed by atoms with Gasteiger partial charge in [0.2, 0.25) is 0 Å². The van der Waals surface area contributed by atoms with E-state index in [1.807, 2.05) is 0 Å². The van der Waals surface area contributed by atoms with Crippen molar-refractivity contribution >= 4 is 6.03 Å². The van der Waals surface area contributed by atoms with Crippen molar-refractivity contribution in [2.24, 2.45) is 5.73 Å². The number of urea groups is 1. The molecule has 0 saturated carbocycles. The van der Waals surface area contributed by atoms with Gasteiger partial charge in [-0.3, -0.25) is 0 Å². The number of nitrogens with one attached hydrogen (secondary N) is 2. The molecule has 2 amide bonds. The van der Waals surface area contributed by atoms with E-state index in [0.717, 1.165) is 51.7 Å². The van der Waals surface area contributed by atoms with Gasteiger partial charge in [0, 0.05) is 13.1 Å². The number of carbonyl (C=O) groups excluding carboxylic acids is 1. The summed E-state index contributed by atoms with van der Waals surface area (Å²) in [6.07, 6.45) is 5.29. The molecule has 0 rings (SSSR count). The minimum Gasteiger partial charge on any atom is -0.338 e. The molecular weight excluding hydrogens is 178 g/mol. The van der Waals surface area contributed by atoms with Gasteiger partial charge < -0.3 is 16.4 Å². The van der Waals surface area contributed by atoms with Crippen LogP contribution in [0.5, 0.6) is 0 Å². The van der Waals surface area contributed by atoms with Crippen LogP contribution in [0.2, 0.25) is 0 Å². The Morgan fingerprint density at radius 2 is 1.71 bits per heavy atom. The lowest BCUT2D eigenvalue weighted by Crippen LogP contribution is -2.36. The molecule has 0 saturated heterocycles. The highest BCUT2D eigenvalue weighted by atomic mass is 16.2. The first-order valence-electron chi connectivity index (χ1n) is 5.53. The smallest absolute Gasteiger partial charge is 0.314 e. The number of carbonyl (C=O) groups is 1. The molecule has 0 spiro atoms. The minimum absolute atomic E-state index is 0.0498. The van der Waals surface area contributed by atoms with E-state index in [2.05, 4.69) is 17.6 Å². The van der Waals surface area contributed by atoms with Gasteiger partial charge in [0.05, 0.1) is 0 Å². The first-order valence-corrected chi connectivity index (χ1v) is 5.53. The highest BCUT2D eigenvalue weighted by molar-refractivity contribution is 5.73. The Balaban J connectivity index is 3.10. The first kappa shape index (κ1) is 13.2. The largest absolute Gasteiger partial charge is 0.338 e. The van der Waals surface area contributed by atoms with E-state index in [0.29, 0.717) is 0 Å². The fraction of sp³-hybridized carbons (Fsp3) is 0.900. The number of amides is 2. The quantitative estimate of drug-likeness (QED) is 0.517. The lowest BCUT2D eigenvalue weighted by molar-refractivity contribution is 0.240. The second-order valence-corrected chi connectivity index (χ2v) is 3.39. The van der Waals surface area contributed by atoms with Crippen LogP contribution in [0, 0.1) is 0 Å². The fourth-order valence-corrected chi connectivity index (χ4v) is 1.09. The third-order valence-electron chi connectivity index (χ3n) is 1.98. The third-order valence-corrected chi connectivity index (χ3v) is 1.98. The Hall–Kier alpha value is -0.770. The van der Waals surface area contributed by atoms with E-state index in [1.165, 1.54) is 0 Å². The summed E-state index contributed by atoms with van der Waals surface area (Å²) in [5.41, 5.74) is 5.35. The van der Waals surface area contributed by atoms with Gasteiger partial charge in [-0.25, -0.2) is 4.79 Å². The zero-order valence-corrected chi connectivity index (χ0v) is 9.14. The molecule has 0 heterocycles. The topological polar surface area (TPSA) is 67.2 Å². The summed E-state index contributed by atoms with van der Waals surface area (Å²) in [5, 5.41) is 5.61. The van der Waals surface area contributed by atoms with Crippen LogP contribution in [-0.2, 0) is 0 Å². The van der Waals surface area contributed by atoms with Crippen LogP contribution in [-0.4, -0.2) is 25.7 Å². The minimum atomic E-state index is -0.0498. The molecule has 0 aromatic rings. The number of rotatable bonds is 8.